The van der Waals surface area contributed by atoms with E-state index in [1.54, 1.807) is 17.0 Å². The average molecular weight is 237 g/mol. The van der Waals surface area contributed by atoms with Gasteiger partial charge < -0.3 is 10.3 Å². The van der Waals surface area contributed by atoms with Crippen molar-refractivity contribution in [1.82, 2.24) is 9.55 Å². The second-order valence-corrected chi connectivity index (χ2v) is 3.94. The topological polar surface area (TPSA) is 43.8 Å². The largest absolute Gasteiger partial charge is 0.337 e. The highest BCUT2D eigenvalue weighted by Gasteiger charge is 2.14. The Hall–Kier alpha value is -1.75. The molecule has 1 heterocycles. The zero-order chi connectivity index (χ0) is 12.4. The average Bonchev–Trinajstić information content (AvgIpc) is 2.68. The van der Waals surface area contributed by atoms with Crippen LogP contribution in [0.1, 0.15) is 17.4 Å². The van der Waals surface area contributed by atoms with E-state index in [0.717, 1.165) is 6.07 Å². The molecule has 0 saturated carbocycles. The lowest BCUT2D eigenvalue weighted by atomic mass is 10.1. The minimum atomic E-state index is -0.586. The highest BCUT2D eigenvalue weighted by molar-refractivity contribution is 5.20. The lowest BCUT2D eigenvalue weighted by Crippen LogP contribution is -2.18. The quantitative estimate of drug-likeness (QED) is 0.886. The third kappa shape index (κ3) is 2.50. The SMILES string of the molecule is Cn1ccnc1C(N)Cc1ccc(F)cc1F. The molecule has 1 aromatic carbocycles. The molecule has 0 amide bonds. The van der Waals surface area contributed by atoms with Gasteiger partial charge in [-0.1, -0.05) is 6.07 Å². The van der Waals surface area contributed by atoms with Crippen LogP contribution in [0.3, 0.4) is 0 Å². The number of aromatic nitrogens is 2. The van der Waals surface area contributed by atoms with E-state index in [0.29, 0.717) is 11.4 Å². The number of hydrogen-bond acceptors (Lipinski definition) is 2. The molecule has 0 bridgehead atoms. The number of nitrogens with zero attached hydrogens (tertiary/aromatic N) is 2. The van der Waals surface area contributed by atoms with Gasteiger partial charge in [-0.3, -0.25) is 0 Å². The highest BCUT2D eigenvalue weighted by Crippen LogP contribution is 2.17. The zero-order valence-corrected chi connectivity index (χ0v) is 9.40. The van der Waals surface area contributed by atoms with Crippen LogP contribution < -0.4 is 5.73 Å². The number of nitrogens with two attached hydrogens (primary N) is 1. The van der Waals surface area contributed by atoms with Gasteiger partial charge in [-0.25, -0.2) is 13.8 Å². The Balaban J connectivity index is 2.19. The Morgan fingerprint density at radius 3 is 2.76 bits per heavy atom. The predicted molar refractivity (Wildman–Crippen MR) is 60.2 cm³/mol. The first-order chi connectivity index (χ1) is 8.08. The molecule has 0 aliphatic rings. The summed E-state index contributed by atoms with van der Waals surface area (Å²) in [5.41, 5.74) is 6.33. The van der Waals surface area contributed by atoms with Crippen LogP contribution in [0.5, 0.6) is 0 Å². The van der Waals surface area contributed by atoms with Gasteiger partial charge in [0.2, 0.25) is 0 Å². The van der Waals surface area contributed by atoms with E-state index >= 15 is 0 Å². The van der Waals surface area contributed by atoms with E-state index in [2.05, 4.69) is 4.98 Å². The number of hydrogen-bond donors (Lipinski definition) is 1. The van der Waals surface area contributed by atoms with E-state index in [1.807, 2.05) is 7.05 Å². The molecule has 1 unspecified atom stereocenters. The molecule has 1 aromatic heterocycles. The molecule has 2 aromatic rings. The second-order valence-electron chi connectivity index (χ2n) is 3.94. The lowest BCUT2D eigenvalue weighted by molar-refractivity contribution is 0.554. The van der Waals surface area contributed by atoms with Crippen LogP contribution in [0.4, 0.5) is 8.78 Å². The number of aryl methyl sites for hydroxylation is 1. The Bertz CT molecular complexity index is 522. The van der Waals surface area contributed by atoms with Crippen LogP contribution in [-0.2, 0) is 13.5 Å². The van der Waals surface area contributed by atoms with Gasteiger partial charge in [0.25, 0.3) is 0 Å². The van der Waals surface area contributed by atoms with Crippen molar-refractivity contribution in [3.8, 4) is 0 Å². The van der Waals surface area contributed by atoms with Gasteiger partial charge in [0, 0.05) is 25.5 Å². The molecule has 3 nitrogen and oxygen atoms in total. The summed E-state index contributed by atoms with van der Waals surface area (Å²) in [5, 5.41) is 0. The fourth-order valence-electron chi connectivity index (χ4n) is 1.75. The Morgan fingerprint density at radius 2 is 2.18 bits per heavy atom. The number of benzene rings is 1. The first kappa shape index (κ1) is 11.7. The van der Waals surface area contributed by atoms with Gasteiger partial charge in [-0.15, -0.1) is 0 Å². The molecule has 0 radical (unpaired) electrons. The Labute approximate surface area is 97.9 Å². The molecule has 0 fully saturated rings. The van der Waals surface area contributed by atoms with Gasteiger partial charge in [-0.05, 0) is 18.1 Å². The molecule has 0 spiro atoms. The first-order valence-corrected chi connectivity index (χ1v) is 5.24. The van der Waals surface area contributed by atoms with Crippen LogP contribution in [-0.4, -0.2) is 9.55 Å². The normalized spacial score (nSPS) is 12.7. The van der Waals surface area contributed by atoms with Crippen molar-refractivity contribution >= 4 is 0 Å². The van der Waals surface area contributed by atoms with Crippen LogP contribution >= 0.6 is 0 Å². The van der Waals surface area contributed by atoms with Gasteiger partial charge in [0.05, 0.1) is 6.04 Å². The minimum Gasteiger partial charge on any atom is -0.337 e. The third-order valence-electron chi connectivity index (χ3n) is 2.65. The van der Waals surface area contributed by atoms with Crippen molar-refractivity contribution < 1.29 is 8.78 Å². The maximum absolute atomic E-state index is 13.4. The molecule has 0 aliphatic heterocycles. The van der Waals surface area contributed by atoms with Crippen LogP contribution in [0.25, 0.3) is 0 Å². The van der Waals surface area contributed by atoms with Crippen molar-refractivity contribution in [3.63, 3.8) is 0 Å². The molecule has 2 rings (SSSR count). The molecule has 5 heteroatoms. The summed E-state index contributed by atoms with van der Waals surface area (Å²) in [6, 6.07) is 3.09. The summed E-state index contributed by atoms with van der Waals surface area (Å²) in [4.78, 5) is 4.10. The summed E-state index contributed by atoms with van der Waals surface area (Å²) in [5.74, 6) is -0.486. The number of halogens is 2. The van der Waals surface area contributed by atoms with E-state index in [-0.39, 0.29) is 6.42 Å². The van der Waals surface area contributed by atoms with Crippen LogP contribution in [0.2, 0.25) is 0 Å². The molecular weight excluding hydrogens is 224 g/mol. The zero-order valence-electron chi connectivity index (χ0n) is 9.40. The smallest absolute Gasteiger partial charge is 0.129 e. The van der Waals surface area contributed by atoms with E-state index in [4.69, 9.17) is 5.73 Å². The monoisotopic (exact) mass is 237 g/mol. The van der Waals surface area contributed by atoms with Gasteiger partial charge in [-0.2, -0.15) is 0 Å². The van der Waals surface area contributed by atoms with Crippen LogP contribution in [0, 0.1) is 11.6 Å². The van der Waals surface area contributed by atoms with Crippen molar-refractivity contribution in [2.24, 2.45) is 12.8 Å². The van der Waals surface area contributed by atoms with E-state index in [9.17, 15) is 8.78 Å². The summed E-state index contributed by atoms with van der Waals surface area (Å²) in [6.07, 6.45) is 3.70. The Kier molecular flexibility index (Phi) is 3.19. The van der Waals surface area contributed by atoms with Crippen molar-refractivity contribution in [2.75, 3.05) is 0 Å². The molecular formula is C12H13F2N3. The maximum atomic E-state index is 13.4. The lowest BCUT2D eigenvalue weighted by Gasteiger charge is -2.12. The summed E-state index contributed by atoms with van der Waals surface area (Å²) in [6.45, 7) is 0. The van der Waals surface area contributed by atoms with Gasteiger partial charge in [0.1, 0.15) is 17.5 Å². The van der Waals surface area contributed by atoms with E-state index < -0.39 is 17.7 Å². The first-order valence-electron chi connectivity index (χ1n) is 5.24. The molecule has 2 N–H and O–H groups in total. The number of imidazole rings is 1. The second kappa shape index (κ2) is 4.63. The van der Waals surface area contributed by atoms with Gasteiger partial charge >= 0.3 is 0 Å². The van der Waals surface area contributed by atoms with E-state index in [1.165, 1.54) is 12.1 Å². The van der Waals surface area contributed by atoms with Crippen LogP contribution in [0.15, 0.2) is 30.6 Å². The summed E-state index contributed by atoms with van der Waals surface area (Å²) < 4.78 is 27.9. The molecule has 90 valence electrons. The Morgan fingerprint density at radius 1 is 1.41 bits per heavy atom. The van der Waals surface area contributed by atoms with Crippen molar-refractivity contribution in [1.29, 1.82) is 0 Å². The van der Waals surface area contributed by atoms with Crippen molar-refractivity contribution in [3.05, 3.63) is 53.6 Å². The predicted octanol–water partition coefficient (Wildman–Crippen LogP) is 1.94. The van der Waals surface area contributed by atoms with Crippen molar-refractivity contribution in [2.45, 2.75) is 12.5 Å². The molecule has 1 atom stereocenters. The summed E-state index contributed by atoms with van der Waals surface area (Å²) >= 11 is 0. The molecule has 17 heavy (non-hydrogen) atoms. The fraction of sp³-hybridized carbons (Fsp3) is 0.250. The number of rotatable bonds is 3. The third-order valence-corrected chi connectivity index (χ3v) is 2.65. The molecule has 0 saturated heterocycles. The molecule has 0 aliphatic carbocycles. The highest BCUT2D eigenvalue weighted by atomic mass is 19.1. The fourth-order valence-corrected chi connectivity index (χ4v) is 1.75. The minimum absolute atomic E-state index is 0.289. The van der Waals surface area contributed by atoms with Gasteiger partial charge in [0.15, 0.2) is 0 Å². The summed E-state index contributed by atoms with van der Waals surface area (Å²) in [7, 11) is 1.82. The standard InChI is InChI=1S/C12H13F2N3/c1-17-5-4-16-12(17)11(15)6-8-2-3-9(13)7-10(8)14/h2-5,7,11H,6,15H2,1H3. The maximum Gasteiger partial charge on any atom is 0.129 e.